The molecular formula is C15H32Na2O45. The van der Waals surface area contributed by atoms with Crippen LogP contribution in [0.1, 0.15) is 0 Å². The van der Waals surface area contributed by atoms with Crippen LogP contribution in [0.2, 0.25) is 0 Å². The molecule has 0 aromatic heterocycles. The average Bonchev–Trinajstić information content (AvgIpc) is 2.78. The van der Waals surface area contributed by atoms with Crippen LogP contribution >= 0.6 is 0 Å². The van der Waals surface area contributed by atoms with Crippen molar-refractivity contribution in [3.05, 3.63) is 0 Å². The summed E-state index contributed by atoms with van der Waals surface area (Å²) in [5, 5.41) is 209. The summed E-state index contributed by atoms with van der Waals surface area (Å²) in [5.41, 5.74) is 0. The van der Waals surface area contributed by atoms with Crippen LogP contribution in [0.25, 0.3) is 0 Å². The number of hydrogen-bond acceptors (Lipinski definition) is 15. The summed E-state index contributed by atoms with van der Waals surface area (Å²) in [5.74, 6) is 0. The molecule has 0 spiro atoms. The van der Waals surface area contributed by atoms with E-state index in [1.54, 1.807) is 0 Å². The third kappa shape index (κ3) is 1600. The predicted molar refractivity (Wildman–Crippen MR) is 174 cm³/mol. The summed E-state index contributed by atoms with van der Waals surface area (Å²) in [7, 11) is 0. The van der Waals surface area contributed by atoms with Crippen LogP contribution in [0.4, 0.5) is 71.9 Å². The number of carboxylic acid groups (broad SMARTS) is 30. The Kier molecular flexibility index (Phi) is 186. The Balaban J connectivity index is -0.0000000233. The second-order valence-corrected chi connectivity index (χ2v) is 4.24. The van der Waals surface area contributed by atoms with E-state index in [9.17, 15) is 0 Å². The Morgan fingerprint density at radius 2 is 0.113 bits per heavy atom. The summed E-state index contributed by atoms with van der Waals surface area (Å²) < 4.78 is 0. The van der Waals surface area contributed by atoms with E-state index in [2.05, 4.69) is 0 Å². The first-order valence-corrected chi connectivity index (χ1v) is 9.77. The van der Waals surface area contributed by atoms with Gasteiger partial charge in [-0.2, -0.15) is 0 Å². The van der Waals surface area contributed by atoms with Gasteiger partial charge < -0.3 is 153 Å². The van der Waals surface area contributed by atoms with Crippen molar-refractivity contribution in [1.82, 2.24) is 0 Å². The zero-order chi connectivity index (χ0) is 53.7. The molecule has 0 saturated heterocycles. The van der Waals surface area contributed by atoms with Crippen molar-refractivity contribution in [2.24, 2.45) is 0 Å². The van der Waals surface area contributed by atoms with Crippen molar-refractivity contribution < 1.29 is 225 Å². The van der Waals surface area contributed by atoms with E-state index in [1.165, 1.54) is 0 Å². The number of hydrogen-bond donors (Lipinski definition) is 30. The Labute approximate surface area is 375 Å². The molecule has 0 aromatic carbocycles. The molecule has 0 aromatic rings. The van der Waals surface area contributed by atoms with E-state index in [0.29, 0.717) is 0 Å². The van der Waals surface area contributed by atoms with Crippen LogP contribution in [0.5, 0.6) is 0 Å². The van der Waals surface area contributed by atoms with Gasteiger partial charge in [-0.3, -0.25) is 0 Å². The van der Waals surface area contributed by atoms with E-state index < -0.39 is 92.3 Å². The molecule has 0 rings (SSSR count). The third-order valence-electron chi connectivity index (χ3n) is 0. The molecule has 62 heavy (non-hydrogen) atoms. The Morgan fingerprint density at radius 3 is 0.113 bits per heavy atom. The topological polar surface area (TPSA) is 863 Å². The van der Waals surface area contributed by atoms with Crippen molar-refractivity contribution in [3.63, 3.8) is 0 Å². The SMILES string of the molecule is O=C(O)O.O=C(O)O.O=C(O)O.O=C(O)O.O=C(O)O.O=C(O)O.O=C(O)O.O=C(O)O.O=C(O)O.O=C(O)O.O=C(O)O.O=C(O)O.O=C(O)O.O=C(O)O.O=C(O)O.[NaH].[NaH]. The van der Waals surface area contributed by atoms with E-state index in [0.717, 1.165) is 0 Å². The first-order chi connectivity index (χ1) is 26.0. The van der Waals surface area contributed by atoms with Gasteiger partial charge in [0.2, 0.25) is 0 Å². The quantitative estimate of drug-likeness (QED) is 0.154. The molecule has 0 bridgehead atoms. The molecule has 0 fully saturated rings. The second-order valence-electron chi connectivity index (χ2n) is 4.24. The Hall–Kier alpha value is -8.95. The Morgan fingerprint density at radius 1 is 0.113 bits per heavy atom. The molecule has 0 amide bonds. The van der Waals surface area contributed by atoms with Gasteiger partial charge in [-0.05, 0) is 0 Å². The molecule has 0 saturated carbocycles. The maximum absolute atomic E-state index is 8.56. The van der Waals surface area contributed by atoms with Gasteiger partial charge in [0.25, 0.3) is 0 Å². The summed E-state index contributed by atoms with van der Waals surface area (Å²) in [6.45, 7) is 0. The molecule has 30 N–H and O–H groups in total. The molecule has 364 valence electrons. The zero-order valence-electron chi connectivity index (χ0n) is 27.0. The van der Waals surface area contributed by atoms with Crippen molar-refractivity contribution in [2.45, 2.75) is 0 Å². The fourth-order valence-electron chi connectivity index (χ4n) is 0. The molecule has 0 heterocycles. The minimum absolute atomic E-state index is 0. The van der Waals surface area contributed by atoms with Crippen molar-refractivity contribution in [3.8, 4) is 0 Å². The molecule has 0 aliphatic carbocycles. The van der Waals surface area contributed by atoms with E-state index in [1.807, 2.05) is 0 Å². The maximum atomic E-state index is 8.56. The van der Waals surface area contributed by atoms with E-state index >= 15 is 0 Å². The molecule has 45 nitrogen and oxygen atoms in total. The molecule has 0 atom stereocenters. The van der Waals surface area contributed by atoms with E-state index in [-0.39, 0.29) is 59.1 Å². The summed E-state index contributed by atoms with van der Waals surface area (Å²) in [6.07, 6.45) is -27.5. The van der Waals surface area contributed by atoms with Gasteiger partial charge in [-0.25, -0.2) is 71.9 Å². The normalized spacial score (nSPS) is 5.81. The van der Waals surface area contributed by atoms with Crippen LogP contribution in [0.15, 0.2) is 0 Å². The fourth-order valence-corrected chi connectivity index (χ4v) is 0. The van der Waals surface area contributed by atoms with Crippen LogP contribution < -0.4 is 0 Å². The molecular weight excluding hydrogens is 946 g/mol. The summed E-state index contributed by atoms with van der Waals surface area (Å²) >= 11 is 0. The van der Waals surface area contributed by atoms with Crippen molar-refractivity contribution in [2.75, 3.05) is 0 Å². The van der Waals surface area contributed by atoms with Crippen LogP contribution in [0.3, 0.4) is 0 Å². The molecule has 0 unspecified atom stereocenters. The van der Waals surface area contributed by atoms with Crippen LogP contribution in [-0.2, 0) is 0 Å². The average molecular weight is 978 g/mol. The monoisotopic (exact) mass is 978 g/mol. The van der Waals surface area contributed by atoms with Crippen molar-refractivity contribution in [1.29, 1.82) is 0 Å². The standard InChI is InChI=1S/15CH2O3.2Na.2H/c15*2-1(3)4;;;;/h15*(H2,2,3,4);;;;. The molecule has 0 radical (unpaired) electrons. The second kappa shape index (κ2) is 104. The van der Waals surface area contributed by atoms with Crippen molar-refractivity contribution >= 4 is 151 Å². The van der Waals surface area contributed by atoms with Gasteiger partial charge in [0, 0.05) is 0 Å². The molecule has 0 aliphatic rings. The minimum atomic E-state index is -1.83. The summed E-state index contributed by atoms with van der Waals surface area (Å²) in [6, 6.07) is 0. The van der Waals surface area contributed by atoms with Crippen LogP contribution in [-0.4, -0.2) is 305 Å². The van der Waals surface area contributed by atoms with E-state index in [4.69, 9.17) is 225 Å². The van der Waals surface area contributed by atoms with Gasteiger partial charge in [-0.15, -0.1) is 0 Å². The van der Waals surface area contributed by atoms with Gasteiger partial charge in [0.05, 0.1) is 0 Å². The van der Waals surface area contributed by atoms with Crippen LogP contribution in [0, 0.1) is 0 Å². The number of rotatable bonds is 0. The Bertz CT molecular complexity index is 758. The molecule has 0 aliphatic heterocycles. The van der Waals surface area contributed by atoms with Gasteiger partial charge in [0.15, 0.2) is 0 Å². The fraction of sp³-hybridized carbons (Fsp3) is 0. The first kappa shape index (κ1) is 111. The third-order valence-corrected chi connectivity index (χ3v) is 0. The molecule has 47 heteroatoms. The predicted octanol–water partition coefficient (Wildman–Crippen LogP) is 2.04. The zero-order valence-corrected chi connectivity index (χ0v) is 27.0. The van der Waals surface area contributed by atoms with Gasteiger partial charge >= 0.3 is 151 Å². The number of carbonyl (C=O) groups is 15. The first-order valence-electron chi connectivity index (χ1n) is 9.77. The van der Waals surface area contributed by atoms with Gasteiger partial charge in [0.1, 0.15) is 0 Å². The van der Waals surface area contributed by atoms with Gasteiger partial charge in [-0.1, -0.05) is 0 Å². The summed E-state index contributed by atoms with van der Waals surface area (Å²) in [4.78, 5) is 128.